The number of hydrogen-bond donors (Lipinski definition) is 1. The summed E-state index contributed by atoms with van der Waals surface area (Å²) in [5.41, 5.74) is 8.55. The molecule has 310 valence electrons. The Morgan fingerprint density at radius 3 is 2.22 bits per heavy atom. The van der Waals surface area contributed by atoms with Gasteiger partial charge in [0.25, 0.3) is 11.4 Å². The number of aromatic hydroxyl groups is 1. The Balaban J connectivity index is 1.17. The van der Waals surface area contributed by atoms with Gasteiger partial charge in [-0.25, -0.2) is 0 Å². The molecule has 1 aliphatic heterocycles. The fourth-order valence-corrected chi connectivity index (χ4v) is 9.66. The lowest BCUT2D eigenvalue weighted by atomic mass is 9.58. The summed E-state index contributed by atoms with van der Waals surface area (Å²) in [7, 11) is 0. The summed E-state index contributed by atoms with van der Waals surface area (Å²) in [4.78, 5) is 16.5. The number of carbonyl (C=O) groups excluding carboxylic acids is 1. The first-order chi connectivity index (χ1) is 28.1. The summed E-state index contributed by atoms with van der Waals surface area (Å²) >= 11 is 6.33. The summed E-state index contributed by atoms with van der Waals surface area (Å²) < 4.78 is 1.88. The Morgan fingerprint density at radius 1 is 0.833 bits per heavy atom. The summed E-state index contributed by atoms with van der Waals surface area (Å²) in [6, 6.07) is 27.9. The molecule has 0 radical (unpaired) electrons. The van der Waals surface area contributed by atoms with Crippen molar-refractivity contribution in [3.8, 4) is 5.75 Å². The van der Waals surface area contributed by atoms with Crippen LogP contribution in [0.4, 0.5) is 17.1 Å². The predicted octanol–water partition coefficient (Wildman–Crippen LogP) is 13.8. The zero-order valence-electron chi connectivity index (χ0n) is 37.1. The van der Waals surface area contributed by atoms with Gasteiger partial charge < -0.3 is 5.11 Å². The van der Waals surface area contributed by atoms with Crippen molar-refractivity contribution in [3.63, 3.8) is 0 Å². The molecule has 7 nitrogen and oxygen atoms in total. The van der Waals surface area contributed by atoms with E-state index in [1.54, 1.807) is 10.9 Å². The molecule has 1 N–H and O–H groups in total. The minimum Gasteiger partial charge on any atom is -0.502 e. The second-order valence-electron chi connectivity index (χ2n) is 20.5. The topological polar surface area (TPSA) is 83.4 Å². The Hall–Kier alpha value is -5.14. The fourth-order valence-electron chi connectivity index (χ4n) is 9.50. The fraction of sp³-hybridized carbons (Fsp3) is 0.404. The third kappa shape index (κ3) is 7.17. The monoisotopic (exact) mass is 820 g/mol. The molecule has 2 heterocycles. The van der Waals surface area contributed by atoms with Crippen molar-refractivity contribution in [1.29, 1.82) is 0 Å². The molecule has 3 unspecified atom stereocenters. The molecular formula is C52H59ClN5O2+. The lowest BCUT2D eigenvalue weighted by Crippen LogP contribution is -2.43. The third-order valence-corrected chi connectivity index (χ3v) is 14.3. The number of halogens is 1. The van der Waals surface area contributed by atoms with Crippen LogP contribution < -0.4 is 4.70 Å². The van der Waals surface area contributed by atoms with E-state index in [1.807, 2.05) is 47.2 Å². The molecule has 0 fully saturated rings. The Bertz CT molecular complexity index is 2670. The number of ketones is 1. The van der Waals surface area contributed by atoms with Gasteiger partial charge in [-0.05, 0) is 87.6 Å². The molecule has 8 rings (SSSR count). The number of azo groups is 2. The molecule has 3 atom stereocenters. The smallest absolute Gasteiger partial charge is 0.280 e. The van der Waals surface area contributed by atoms with Crippen LogP contribution in [0.1, 0.15) is 118 Å². The van der Waals surface area contributed by atoms with Gasteiger partial charge in [-0.3, -0.25) is 4.79 Å². The summed E-state index contributed by atoms with van der Waals surface area (Å²) in [5.74, 6) is 0.563. The van der Waals surface area contributed by atoms with Crippen molar-refractivity contribution in [2.24, 2.45) is 27.3 Å². The Morgan fingerprint density at radius 2 is 1.52 bits per heavy atom. The first-order valence-electron chi connectivity index (χ1n) is 21.3. The van der Waals surface area contributed by atoms with Gasteiger partial charge in [0, 0.05) is 44.2 Å². The van der Waals surface area contributed by atoms with E-state index in [1.165, 1.54) is 16.7 Å². The maximum Gasteiger partial charge on any atom is 0.280 e. The number of benzene rings is 4. The minimum atomic E-state index is -0.545. The minimum absolute atomic E-state index is 0.0652. The summed E-state index contributed by atoms with van der Waals surface area (Å²) in [6.07, 6.45) is 9.11. The van der Waals surface area contributed by atoms with Crippen LogP contribution in [0.5, 0.6) is 5.75 Å². The van der Waals surface area contributed by atoms with Gasteiger partial charge in [-0.2, -0.15) is 15.0 Å². The van der Waals surface area contributed by atoms with Crippen molar-refractivity contribution in [2.75, 3.05) is 0 Å². The molecule has 0 amide bonds. The Kier molecular flexibility index (Phi) is 10.1. The molecular weight excluding hydrogens is 762 g/mol. The maximum atomic E-state index is 14.8. The van der Waals surface area contributed by atoms with E-state index in [0.29, 0.717) is 29.1 Å². The molecule has 0 bridgehead atoms. The van der Waals surface area contributed by atoms with Crippen LogP contribution >= 0.6 is 11.6 Å². The standard InChI is InChI=1S/C52H58ClN5O2/c1-32-23-33(29-49(5,6)39-30-52(11,48(2,3)4)31-45(47(39)60)58-55-40-22-21-37(53)28-42(40)56-58)25-35(24-32)51(9,10)38-26-36(50(7,8)34-17-13-12-14-18-34)27-44(46(38)59)57-43-20-16-15-19-41(43)54-57/h12-23,25-28,30,32,45H,24,29,31H2,1-11H3/p+1. The van der Waals surface area contributed by atoms with Crippen molar-refractivity contribution in [2.45, 2.75) is 112 Å². The second-order valence-corrected chi connectivity index (χ2v) is 21.0. The van der Waals surface area contributed by atoms with Crippen LogP contribution in [0.25, 0.3) is 11.0 Å². The van der Waals surface area contributed by atoms with Crippen molar-refractivity contribution in [1.82, 2.24) is 19.7 Å². The number of aromatic nitrogens is 3. The van der Waals surface area contributed by atoms with E-state index in [4.69, 9.17) is 26.9 Å². The average Bonchev–Trinajstić information content (AvgIpc) is 3.59. The zero-order chi connectivity index (χ0) is 43.2. The van der Waals surface area contributed by atoms with Crippen LogP contribution in [0, 0.1) is 22.2 Å². The van der Waals surface area contributed by atoms with Gasteiger partial charge in [0.2, 0.25) is 5.69 Å². The number of nitrogens with zero attached hydrogens (tertiary/aromatic N) is 5. The molecule has 60 heavy (non-hydrogen) atoms. The molecule has 1 aromatic heterocycles. The highest BCUT2D eigenvalue weighted by molar-refractivity contribution is 6.31. The average molecular weight is 822 g/mol. The van der Waals surface area contributed by atoms with Crippen LogP contribution in [0.2, 0.25) is 5.02 Å². The van der Waals surface area contributed by atoms with Gasteiger partial charge in [0.1, 0.15) is 17.1 Å². The van der Waals surface area contributed by atoms with Crippen molar-refractivity contribution < 1.29 is 9.90 Å². The maximum absolute atomic E-state index is 14.8. The molecule has 2 aliphatic carbocycles. The lowest BCUT2D eigenvalue weighted by molar-refractivity contribution is -0.122. The molecule has 4 aromatic carbocycles. The Labute approximate surface area is 360 Å². The molecule has 8 heteroatoms. The van der Waals surface area contributed by atoms with E-state index in [0.717, 1.165) is 40.0 Å². The van der Waals surface area contributed by atoms with Gasteiger partial charge in [0.15, 0.2) is 11.5 Å². The number of allylic oxidation sites excluding steroid dienone is 6. The first kappa shape index (κ1) is 41.6. The zero-order valence-corrected chi connectivity index (χ0v) is 37.8. The number of phenols is 1. The molecule has 0 saturated heterocycles. The van der Waals surface area contributed by atoms with Crippen LogP contribution in [-0.2, 0) is 15.6 Å². The van der Waals surface area contributed by atoms with Gasteiger partial charge in [0.05, 0.1) is 0 Å². The number of rotatable bonds is 9. The number of carbonyl (C=O) groups is 1. The van der Waals surface area contributed by atoms with Gasteiger partial charge in [-0.1, -0.05) is 160 Å². The van der Waals surface area contributed by atoms with E-state index in [-0.39, 0.29) is 33.7 Å². The van der Waals surface area contributed by atoms with E-state index < -0.39 is 16.9 Å². The molecule has 3 aliphatic rings. The molecule has 0 saturated carbocycles. The number of Topliss-reactive ketones (excluding diaryl/α,β-unsaturated/α-hetero) is 1. The second kappa shape index (κ2) is 14.5. The highest BCUT2D eigenvalue weighted by atomic mass is 35.5. The largest absolute Gasteiger partial charge is 0.502 e. The van der Waals surface area contributed by atoms with Crippen LogP contribution in [-0.4, -0.2) is 25.9 Å². The normalized spacial score (nSPS) is 21.2. The molecule has 0 spiro atoms. The van der Waals surface area contributed by atoms with Crippen LogP contribution in [0.15, 0.2) is 125 Å². The number of para-hydroxylation sites is 1. The van der Waals surface area contributed by atoms with Crippen molar-refractivity contribution in [3.05, 3.63) is 142 Å². The highest BCUT2D eigenvalue weighted by Crippen LogP contribution is 2.55. The number of phenolic OH excluding ortho intramolecular Hbond substituents is 1. The number of fused-ring (bicyclic) bond motifs is 2. The predicted molar refractivity (Wildman–Crippen MR) is 245 cm³/mol. The SMILES string of the molecule is CC1C=C(CC(C)(C)C2=CC(C)(C(C)(C)C)CC(n3nc4ccc(Cl)cc4n3)C2=O)C=C(C(C)(C)c2cc(C(C)(C)c3ccccc3)cc([N+]3=Nc4ccccc43)c2O)C1. The van der Waals surface area contributed by atoms with Crippen molar-refractivity contribution >= 4 is 45.5 Å². The van der Waals surface area contributed by atoms with E-state index in [2.05, 4.69) is 131 Å². The van der Waals surface area contributed by atoms with E-state index >= 15 is 0 Å². The summed E-state index contributed by atoms with van der Waals surface area (Å²) in [5, 5.41) is 27.4. The molecule has 5 aromatic rings. The van der Waals surface area contributed by atoms with Crippen LogP contribution in [0.3, 0.4) is 0 Å². The van der Waals surface area contributed by atoms with Gasteiger partial charge >= 0.3 is 0 Å². The lowest BCUT2D eigenvalue weighted by Gasteiger charge is -2.47. The number of hydrogen-bond acceptors (Lipinski definition) is 5. The first-order valence-corrected chi connectivity index (χ1v) is 21.7. The van der Waals surface area contributed by atoms with Gasteiger partial charge in [-0.15, -0.1) is 0 Å². The van der Waals surface area contributed by atoms with E-state index in [9.17, 15) is 9.90 Å². The third-order valence-electron chi connectivity index (χ3n) is 14.1. The quantitative estimate of drug-likeness (QED) is 0.147. The summed E-state index contributed by atoms with van der Waals surface area (Å²) in [6.45, 7) is 24.7. The highest BCUT2D eigenvalue weighted by Gasteiger charge is 2.49.